The Bertz CT molecular complexity index is 108. The number of hydrogen-bond acceptors (Lipinski definition) is 3. The van der Waals surface area contributed by atoms with E-state index >= 15 is 0 Å². The van der Waals surface area contributed by atoms with Gasteiger partial charge in [0, 0.05) is 25.3 Å². The summed E-state index contributed by atoms with van der Waals surface area (Å²) in [6.45, 7) is 1.72. The maximum atomic E-state index is 5.18. The summed E-state index contributed by atoms with van der Waals surface area (Å²) in [6.07, 6.45) is 4.02. The minimum absolute atomic E-state index is 0.564. The van der Waals surface area contributed by atoms with Gasteiger partial charge in [-0.2, -0.15) is 0 Å². The molecule has 0 N–H and O–H groups in total. The first-order valence-electron chi connectivity index (χ1n) is 3.58. The van der Waals surface area contributed by atoms with E-state index < -0.39 is 0 Å². The highest BCUT2D eigenvalue weighted by Gasteiger charge is 2.10. The van der Waals surface area contributed by atoms with E-state index in [9.17, 15) is 0 Å². The average Bonchev–Trinajstić information content (AvgIpc) is 2.03. The van der Waals surface area contributed by atoms with Crippen LogP contribution in [-0.4, -0.2) is 26.5 Å². The average molecular weight is 143 g/mol. The number of nitrogens with zero attached hydrogens (tertiary/aromatic N) is 1. The molecular weight excluding hydrogens is 130 g/mol. The molecule has 3 heteroatoms. The van der Waals surface area contributed by atoms with E-state index in [2.05, 4.69) is 9.99 Å². The molecular formula is C7H13NO2. The van der Waals surface area contributed by atoms with Crippen molar-refractivity contribution in [2.75, 3.05) is 20.3 Å². The summed E-state index contributed by atoms with van der Waals surface area (Å²) >= 11 is 0. The van der Waals surface area contributed by atoms with Crippen LogP contribution in [0.5, 0.6) is 0 Å². The molecule has 0 bridgehead atoms. The van der Waals surface area contributed by atoms with Gasteiger partial charge in [-0.1, -0.05) is 5.16 Å². The highest BCUT2D eigenvalue weighted by molar-refractivity contribution is 5.59. The molecule has 0 saturated carbocycles. The summed E-state index contributed by atoms with van der Waals surface area (Å²) in [5.74, 6) is 0.564. The van der Waals surface area contributed by atoms with Crippen molar-refractivity contribution in [2.24, 2.45) is 11.1 Å². The second kappa shape index (κ2) is 4.28. The van der Waals surface area contributed by atoms with Crippen molar-refractivity contribution in [1.82, 2.24) is 0 Å². The largest absolute Gasteiger partial charge is 0.399 e. The van der Waals surface area contributed by atoms with Crippen molar-refractivity contribution in [3.05, 3.63) is 0 Å². The topological polar surface area (TPSA) is 30.8 Å². The molecule has 1 saturated heterocycles. The Balaban J connectivity index is 2.19. The lowest BCUT2D eigenvalue weighted by atomic mass is 10.0. The summed E-state index contributed by atoms with van der Waals surface area (Å²) in [7, 11) is 1.57. The molecule has 0 spiro atoms. The molecule has 0 atom stereocenters. The Labute approximate surface area is 61.0 Å². The normalized spacial score (nSPS) is 21.7. The van der Waals surface area contributed by atoms with E-state index in [1.165, 1.54) is 0 Å². The van der Waals surface area contributed by atoms with Crippen LogP contribution in [0, 0.1) is 5.92 Å². The van der Waals surface area contributed by atoms with Gasteiger partial charge < -0.3 is 9.57 Å². The van der Waals surface area contributed by atoms with Crippen LogP contribution in [0.25, 0.3) is 0 Å². The van der Waals surface area contributed by atoms with Gasteiger partial charge in [-0.05, 0) is 12.8 Å². The fourth-order valence-corrected chi connectivity index (χ4v) is 1.01. The summed E-state index contributed by atoms with van der Waals surface area (Å²) in [4.78, 5) is 4.57. The number of ether oxygens (including phenoxy) is 1. The molecule has 0 unspecified atom stereocenters. The number of rotatable bonds is 2. The first-order valence-corrected chi connectivity index (χ1v) is 3.58. The second-order valence-electron chi connectivity index (χ2n) is 2.39. The smallest absolute Gasteiger partial charge is 0.106 e. The van der Waals surface area contributed by atoms with Crippen LogP contribution in [-0.2, 0) is 9.57 Å². The molecule has 1 heterocycles. The molecule has 1 aliphatic rings. The van der Waals surface area contributed by atoms with Crippen LogP contribution in [0.2, 0.25) is 0 Å². The van der Waals surface area contributed by atoms with Crippen molar-refractivity contribution in [3.8, 4) is 0 Å². The van der Waals surface area contributed by atoms with Crippen LogP contribution >= 0.6 is 0 Å². The third-order valence-electron chi connectivity index (χ3n) is 1.64. The van der Waals surface area contributed by atoms with Crippen molar-refractivity contribution in [1.29, 1.82) is 0 Å². The predicted octanol–water partition coefficient (Wildman–Crippen LogP) is 1.05. The Kier molecular flexibility index (Phi) is 3.22. The summed E-state index contributed by atoms with van der Waals surface area (Å²) in [5, 5.41) is 3.71. The van der Waals surface area contributed by atoms with E-state index in [-0.39, 0.29) is 0 Å². The van der Waals surface area contributed by atoms with E-state index in [4.69, 9.17) is 4.74 Å². The van der Waals surface area contributed by atoms with Gasteiger partial charge in [-0.3, -0.25) is 0 Å². The Morgan fingerprint density at radius 2 is 2.20 bits per heavy atom. The van der Waals surface area contributed by atoms with Crippen LogP contribution in [0.3, 0.4) is 0 Å². The van der Waals surface area contributed by atoms with E-state index in [1.54, 1.807) is 7.11 Å². The third-order valence-corrected chi connectivity index (χ3v) is 1.64. The lowest BCUT2D eigenvalue weighted by molar-refractivity contribution is 0.0827. The maximum absolute atomic E-state index is 5.18. The molecule has 0 aromatic rings. The zero-order valence-electron chi connectivity index (χ0n) is 6.25. The Morgan fingerprint density at radius 3 is 2.80 bits per heavy atom. The van der Waals surface area contributed by atoms with Crippen LogP contribution in [0.4, 0.5) is 0 Å². The molecule has 1 rings (SSSR count). The highest BCUT2D eigenvalue weighted by Crippen LogP contribution is 2.11. The molecule has 3 nitrogen and oxygen atoms in total. The van der Waals surface area contributed by atoms with Crippen LogP contribution in [0.15, 0.2) is 5.16 Å². The van der Waals surface area contributed by atoms with Gasteiger partial charge in [0.25, 0.3) is 0 Å². The third kappa shape index (κ3) is 2.35. The standard InChI is InChI=1S/C7H13NO2/c1-9-8-6-7-2-4-10-5-3-7/h6-7H,2-5H2,1H3/b8-6+. The lowest BCUT2D eigenvalue weighted by Crippen LogP contribution is -2.16. The fourth-order valence-electron chi connectivity index (χ4n) is 1.01. The molecule has 0 amide bonds. The zero-order valence-corrected chi connectivity index (χ0v) is 6.25. The van der Waals surface area contributed by atoms with Crippen molar-refractivity contribution >= 4 is 6.21 Å². The van der Waals surface area contributed by atoms with E-state index in [0.717, 1.165) is 26.1 Å². The molecule has 1 fully saturated rings. The quantitative estimate of drug-likeness (QED) is 0.427. The molecule has 58 valence electrons. The molecule has 1 aliphatic heterocycles. The van der Waals surface area contributed by atoms with Gasteiger partial charge in [0.1, 0.15) is 7.11 Å². The zero-order chi connectivity index (χ0) is 7.23. The monoisotopic (exact) mass is 143 g/mol. The fraction of sp³-hybridized carbons (Fsp3) is 0.857. The van der Waals surface area contributed by atoms with Crippen molar-refractivity contribution in [2.45, 2.75) is 12.8 Å². The second-order valence-corrected chi connectivity index (χ2v) is 2.39. The van der Waals surface area contributed by atoms with Gasteiger partial charge in [0.2, 0.25) is 0 Å². The molecule has 0 aromatic heterocycles. The predicted molar refractivity (Wildman–Crippen MR) is 39.0 cm³/mol. The molecule has 0 radical (unpaired) electrons. The van der Waals surface area contributed by atoms with Gasteiger partial charge >= 0.3 is 0 Å². The first-order chi connectivity index (χ1) is 4.93. The van der Waals surface area contributed by atoms with Crippen molar-refractivity contribution < 1.29 is 9.57 Å². The van der Waals surface area contributed by atoms with Crippen molar-refractivity contribution in [3.63, 3.8) is 0 Å². The lowest BCUT2D eigenvalue weighted by Gasteiger charge is -2.17. The minimum Gasteiger partial charge on any atom is -0.399 e. The summed E-state index contributed by atoms with van der Waals surface area (Å²) in [6, 6.07) is 0. The molecule has 10 heavy (non-hydrogen) atoms. The number of oxime groups is 1. The van der Waals surface area contributed by atoms with E-state index in [1.807, 2.05) is 6.21 Å². The van der Waals surface area contributed by atoms with Gasteiger partial charge in [0.05, 0.1) is 0 Å². The van der Waals surface area contributed by atoms with Gasteiger partial charge in [0.15, 0.2) is 0 Å². The Hall–Kier alpha value is -0.570. The SMILES string of the molecule is CO/N=C/C1CCOCC1. The minimum atomic E-state index is 0.564. The van der Waals surface area contributed by atoms with Gasteiger partial charge in [-0.25, -0.2) is 0 Å². The Morgan fingerprint density at radius 1 is 1.50 bits per heavy atom. The first kappa shape index (κ1) is 7.54. The van der Waals surface area contributed by atoms with Gasteiger partial charge in [-0.15, -0.1) is 0 Å². The summed E-state index contributed by atoms with van der Waals surface area (Å²) in [5.41, 5.74) is 0. The molecule has 0 aromatic carbocycles. The summed E-state index contributed by atoms with van der Waals surface area (Å²) < 4.78 is 5.18. The highest BCUT2D eigenvalue weighted by atomic mass is 16.6. The van der Waals surface area contributed by atoms with Crippen LogP contribution in [0.1, 0.15) is 12.8 Å². The molecule has 0 aliphatic carbocycles. The van der Waals surface area contributed by atoms with E-state index in [0.29, 0.717) is 5.92 Å². The number of hydrogen-bond donors (Lipinski definition) is 0. The maximum Gasteiger partial charge on any atom is 0.106 e. The van der Waals surface area contributed by atoms with Crippen LogP contribution < -0.4 is 0 Å².